The zero-order chi connectivity index (χ0) is 16.1. The lowest BCUT2D eigenvalue weighted by molar-refractivity contribution is 0.628. The van der Waals surface area contributed by atoms with Gasteiger partial charge in [0.1, 0.15) is 5.82 Å². The molecule has 0 radical (unpaired) electrons. The Hall–Kier alpha value is -2.53. The van der Waals surface area contributed by atoms with Crippen LogP contribution in [0.1, 0.15) is 16.7 Å². The largest absolute Gasteiger partial charge is 0.274 e. The van der Waals surface area contributed by atoms with Crippen molar-refractivity contribution in [2.45, 2.75) is 13.8 Å². The summed E-state index contributed by atoms with van der Waals surface area (Å²) in [7, 11) is 0. The third kappa shape index (κ3) is 2.24. The van der Waals surface area contributed by atoms with Gasteiger partial charge in [0.15, 0.2) is 4.96 Å². The van der Waals surface area contributed by atoms with Gasteiger partial charge in [0, 0.05) is 0 Å². The van der Waals surface area contributed by atoms with Gasteiger partial charge in [-0.25, -0.2) is 13.8 Å². The van der Waals surface area contributed by atoms with Crippen molar-refractivity contribution in [3.63, 3.8) is 0 Å². The number of aryl methyl sites for hydroxylation is 2. The van der Waals surface area contributed by atoms with Crippen LogP contribution in [0, 0.1) is 19.7 Å². The number of aromatic nitrogens is 2. The molecule has 0 atom stereocenters. The topological polar surface area (TPSA) is 34.4 Å². The summed E-state index contributed by atoms with van der Waals surface area (Å²) in [5.41, 5.74) is 4.60. The fourth-order valence-corrected chi connectivity index (χ4v) is 3.80. The van der Waals surface area contributed by atoms with Crippen molar-refractivity contribution in [2.75, 3.05) is 0 Å². The Morgan fingerprint density at radius 2 is 1.91 bits per heavy atom. The van der Waals surface area contributed by atoms with Crippen molar-refractivity contribution < 1.29 is 4.39 Å². The Labute approximate surface area is 135 Å². The lowest BCUT2D eigenvalue weighted by Crippen LogP contribution is -2.22. The lowest BCUT2D eigenvalue weighted by Gasteiger charge is -1.97. The van der Waals surface area contributed by atoms with Crippen LogP contribution < -0.4 is 10.1 Å². The Bertz CT molecular complexity index is 1160. The maximum atomic E-state index is 13.0. The molecule has 5 heteroatoms. The maximum absolute atomic E-state index is 13.0. The molecule has 0 unspecified atom stereocenters. The highest BCUT2D eigenvalue weighted by Gasteiger charge is 2.13. The summed E-state index contributed by atoms with van der Waals surface area (Å²) >= 11 is 1.35. The fraction of sp³-hybridized carbons (Fsp3) is 0.111. The average molecular weight is 324 g/mol. The zero-order valence-corrected chi connectivity index (χ0v) is 13.4. The molecule has 2 heterocycles. The summed E-state index contributed by atoms with van der Waals surface area (Å²) in [6.07, 6.45) is 1.77. The van der Waals surface area contributed by atoms with Crippen LogP contribution in [0.4, 0.5) is 4.39 Å². The van der Waals surface area contributed by atoms with E-state index in [1.54, 1.807) is 22.6 Å². The molecule has 0 fully saturated rings. The van der Waals surface area contributed by atoms with E-state index in [9.17, 15) is 9.18 Å². The SMILES string of the molecule is Cc1cc(C)c2nc3s/c(=C/c4ccc(F)cc4)c(=O)n3c2c1. The summed E-state index contributed by atoms with van der Waals surface area (Å²) in [5, 5.41) is 0. The number of halogens is 1. The molecule has 3 nitrogen and oxygen atoms in total. The number of fused-ring (bicyclic) bond motifs is 3. The molecule has 0 saturated heterocycles. The van der Waals surface area contributed by atoms with Gasteiger partial charge in [0.25, 0.3) is 5.56 Å². The van der Waals surface area contributed by atoms with Gasteiger partial charge in [-0.1, -0.05) is 29.5 Å². The Morgan fingerprint density at radius 3 is 2.65 bits per heavy atom. The minimum Gasteiger partial charge on any atom is -0.267 e. The molecule has 0 N–H and O–H groups in total. The van der Waals surface area contributed by atoms with Gasteiger partial charge in [0.05, 0.1) is 15.6 Å². The maximum Gasteiger partial charge on any atom is 0.274 e. The van der Waals surface area contributed by atoms with Crippen molar-refractivity contribution in [3.05, 3.63) is 73.8 Å². The Kier molecular flexibility index (Phi) is 3.06. The van der Waals surface area contributed by atoms with Gasteiger partial charge in [-0.2, -0.15) is 0 Å². The normalized spacial score (nSPS) is 12.6. The van der Waals surface area contributed by atoms with Gasteiger partial charge in [0.2, 0.25) is 0 Å². The van der Waals surface area contributed by atoms with Crippen LogP contribution in [0.3, 0.4) is 0 Å². The summed E-state index contributed by atoms with van der Waals surface area (Å²) in [6.45, 7) is 4.01. The highest BCUT2D eigenvalue weighted by atomic mass is 32.1. The molecule has 0 amide bonds. The number of hydrogen-bond acceptors (Lipinski definition) is 3. The molecular weight excluding hydrogens is 311 g/mol. The summed E-state index contributed by atoms with van der Waals surface area (Å²) in [6, 6.07) is 10.1. The number of nitrogens with zero attached hydrogens (tertiary/aromatic N) is 2. The first kappa shape index (κ1) is 14.1. The van der Waals surface area contributed by atoms with E-state index in [2.05, 4.69) is 11.1 Å². The van der Waals surface area contributed by atoms with Crippen molar-refractivity contribution in [3.8, 4) is 0 Å². The number of rotatable bonds is 1. The van der Waals surface area contributed by atoms with E-state index in [4.69, 9.17) is 0 Å². The molecule has 0 aliphatic rings. The van der Waals surface area contributed by atoms with E-state index in [1.807, 2.05) is 19.9 Å². The van der Waals surface area contributed by atoms with E-state index in [0.717, 1.165) is 27.7 Å². The summed E-state index contributed by atoms with van der Waals surface area (Å²) in [4.78, 5) is 18.0. The summed E-state index contributed by atoms with van der Waals surface area (Å²) < 4.78 is 15.2. The van der Waals surface area contributed by atoms with Crippen LogP contribution in [0.2, 0.25) is 0 Å². The quantitative estimate of drug-likeness (QED) is 0.539. The zero-order valence-electron chi connectivity index (χ0n) is 12.6. The predicted molar refractivity (Wildman–Crippen MR) is 91.5 cm³/mol. The van der Waals surface area contributed by atoms with Crippen LogP contribution in [0.25, 0.3) is 22.1 Å². The van der Waals surface area contributed by atoms with Gasteiger partial charge in [-0.15, -0.1) is 0 Å². The van der Waals surface area contributed by atoms with Crippen LogP contribution >= 0.6 is 11.3 Å². The van der Waals surface area contributed by atoms with E-state index < -0.39 is 0 Å². The first-order valence-electron chi connectivity index (χ1n) is 7.22. The van der Waals surface area contributed by atoms with Crippen LogP contribution in [-0.2, 0) is 0 Å². The van der Waals surface area contributed by atoms with Crippen LogP contribution in [0.5, 0.6) is 0 Å². The minimum absolute atomic E-state index is 0.0816. The lowest BCUT2D eigenvalue weighted by atomic mass is 10.1. The van der Waals surface area contributed by atoms with Crippen molar-refractivity contribution in [1.29, 1.82) is 0 Å². The molecule has 114 valence electrons. The molecule has 4 rings (SSSR count). The Morgan fingerprint density at radius 1 is 1.17 bits per heavy atom. The van der Waals surface area contributed by atoms with Gasteiger partial charge >= 0.3 is 0 Å². The average Bonchev–Trinajstić information content (AvgIpc) is 3.00. The second kappa shape index (κ2) is 4.99. The highest BCUT2D eigenvalue weighted by Crippen LogP contribution is 2.21. The molecule has 2 aromatic carbocycles. The van der Waals surface area contributed by atoms with Gasteiger partial charge < -0.3 is 0 Å². The van der Waals surface area contributed by atoms with Crippen molar-refractivity contribution in [2.24, 2.45) is 0 Å². The molecule has 0 aliphatic heterocycles. The molecule has 0 saturated carbocycles. The molecular formula is C18H13FN2OS. The monoisotopic (exact) mass is 324 g/mol. The first-order valence-corrected chi connectivity index (χ1v) is 8.04. The van der Waals surface area contributed by atoms with E-state index in [1.165, 1.54) is 23.5 Å². The second-order valence-electron chi connectivity index (χ2n) is 5.65. The molecule has 23 heavy (non-hydrogen) atoms. The summed E-state index contributed by atoms with van der Waals surface area (Å²) in [5.74, 6) is -0.289. The number of hydrogen-bond donors (Lipinski definition) is 0. The van der Waals surface area contributed by atoms with Gasteiger partial charge in [-0.05, 0) is 54.8 Å². The first-order chi connectivity index (χ1) is 11.0. The predicted octanol–water partition coefficient (Wildman–Crippen LogP) is 3.21. The van der Waals surface area contributed by atoms with E-state index in [-0.39, 0.29) is 11.4 Å². The molecule has 4 aromatic rings. The minimum atomic E-state index is -0.289. The molecule has 2 aromatic heterocycles. The third-order valence-corrected chi connectivity index (χ3v) is 4.82. The van der Waals surface area contributed by atoms with Crippen LogP contribution in [0.15, 0.2) is 41.2 Å². The Balaban J connectivity index is 2.02. The van der Waals surface area contributed by atoms with Crippen molar-refractivity contribution >= 4 is 33.4 Å². The standard InChI is InChI=1S/C18H13FN2OS/c1-10-7-11(2)16-14(8-10)21-17(22)15(23-18(21)20-16)9-12-3-5-13(19)6-4-12/h3-9H,1-2H3/b15-9+. The third-order valence-electron chi connectivity index (χ3n) is 3.85. The van der Waals surface area contributed by atoms with Crippen LogP contribution in [-0.4, -0.2) is 9.38 Å². The number of benzene rings is 2. The number of thiazole rings is 1. The molecule has 0 spiro atoms. The van der Waals surface area contributed by atoms with Gasteiger partial charge in [-0.3, -0.25) is 4.79 Å². The molecule has 0 bridgehead atoms. The number of imidazole rings is 1. The smallest absolute Gasteiger partial charge is 0.267 e. The fourth-order valence-electron chi connectivity index (χ4n) is 2.82. The second-order valence-corrected chi connectivity index (χ2v) is 6.66. The van der Waals surface area contributed by atoms with Crippen molar-refractivity contribution in [1.82, 2.24) is 9.38 Å². The van der Waals surface area contributed by atoms with E-state index in [0.29, 0.717) is 9.49 Å². The van der Waals surface area contributed by atoms with E-state index >= 15 is 0 Å². The molecule has 0 aliphatic carbocycles. The highest BCUT2D eigenvalue weighted by molar-refractivity contribution is 7.15.